The smallest absolute Gasteiger partial charge is 0.403 e. The first-order valence-electron chi connectivity index (χ1n) is 3.05. The van der Waals surface area contributed by atoms with E-state index in [-0.39, 0.29) is 15.1 Å². The number of nitrogens with zero attached hydrogens (tertiary/aromatic N) is 1. The molecule has 72 valence electrons. The molecule has 2 N–H and O–H groups in total. The Balaban J connectivity index is 2.94. The maximum atomic E-state index is 11.8. The van der Waals surface area contributed by atoms with Crippen molar-refractivity contribution in [2.24, 2.45) is 0 Å². The molecule has 0 saturated carbocycles. The van der Waals surface area contributed by atoms with Gasteiger partial charge in [0.2, 0.25) is 0 Å². The molecule has 0 bridgehead atoms. The predicted molar refractivity (Wildman–Crippen MR) is 48.0 cm³/mol. The third kappa shape index (κ3) is 3.25. The fourth-order valence-electron chi connectivity index (χ4n) is 0.639. The topological polar surface area (TPSA) is 48.1 Å². The van der Waals surface area contributed by atoms with Crippen LogP contribution in [0, 0.1) is 3.70 Å². The summed E-state index contributed by atoms with van der Waals surface area (Å²) in [5.74, 6) is -0.381. The Morgan fingerprint density at radius 1 is 1.46 bits per heavy atom. The van der Waals surface area contributed by atoms with Crippen molar-refractivity contribution in [2.75, 3.05) is 5.73 Å². The summed E-state index contributed by atoms with van der Waals surface area (Å²) in [5, 5.41) is 0. The lowest BCUT2D eigenvalue weighted by atomic mass is 10.4. The number of anilines is 1. The highest BCUT2D eigenvalue weighted by Gasteiger charge is 2.32. The van der Waals surface area contributed by atoms with E-state index in [1.807, 2.05) is 0 Å². The lowest BCUT2D eigenvalue weighted by Gasteiger charge is -2.09. The molecule has 0 fully saturated rings. The van der Waals surface area contributed by atoms with Gasteiger partial charge in [-0.2, -0.15) is 0 Å². The summed E-state index contributed by atoms with van der Waals surface area (Å²) in [4.78, 5) is 3.60. The predicted octanol–water partition coefficient (Wildman–Crippen LogP) is 2.17. The van der Waals surface area contributed by atoms with E-state index in [1.54, 1.807) is 22.6 Å². The second kappa shape index (κ2) is 3.56. The van der Waals surface area contributed by atoms with Crippen LogP contribution < -0.4 is 10.5 Å². The molecule has 0 aliphatic heterocycles. The SMILES string of the molecule is Nc1cnc(I)c(OC(F)(F)F)c1. The molecule has 7 heteroatoms. The fourth-order valence-corrected chi connectivity index (χ4v) is 1.04. The van der Waals surface area contributed by atoms with Crippen LogP contribution in [0.2, 0.25) is 0 Å². The molecular weight excluding hydrogens is 300 g/mol. The minimum Gasteiger partial charge on any atom is -0.403 e. The van der Waals surface area contributed by atoms with Crippen LogP contribution in [-0.4, -0.2) is 11.3 Å². The molecule has 0 aliphatic rings. The molecule has 3 nitrogen and oxygen atoms in total. The molecule has 0 aromatic carbocycles. The number of alkyl halides is 3. The summed E-state index contributed by atoms with van der Waals surface area (Å²) in [6, 6.07) is 1.07. The van der Waals surface area contributed by atoms with Crippen LogP contribution >= 0.6 is 22.6 Å². The van der Waals surface area contributed by atoms with Crippen LogP contribution in [0.3, 0.4) is 0 Å². The number of nitrogens with two attached hydrogens (primary N) is 1. The third-order valence-corrected chi connectivity index (χ3v) is 1.86. The van der Waals surface area contributed by atoms with Crippen molar-refractivity contribution in [3.05, 3.63) is 16.0 Å². The number of pyridine rings is 1. The summed E-state index contributed by atoms with van der Waals surface area (Å²) in [6.07, 6.45) is -3.46. The number of aromatic nitrogens is 1. The number of hydrogen-bond acceptors (Lipinski definition) is 3. The Morgan fingerprint density at radius 3 is 2.62 bits per heavy atom. The van der Waals surface area contributed by atoms with E-state index in [0.717, 1.165) is 6.07 Å². The van der Waals surface area contributed by atoms with Crippen molar-refractivity contribution in [1.82, 2.24) is 4.98 Å². The summed E-state index contributed by atoms with van der Waals surface area (Å²) in [7, 11) is 0. The largest absolute Gasteiger partial charge is 0.573 e. The Morgan fingerprint density at radius 2 is 2.08 bits per heavy atom. The van der Waals surface area contributed by atoms with Crippen molar-refractivity contribution in [1.29, 1.82) is 0 Å². The zero-order valence-corrected chi connectivity index (χ0v) is 8.26. The minimum absolute atomic E-state index is 0.115. The number of halogens is 4. The van der Waals surface area contributed by atoms with Crippen molar-refractivity contribution in [2.45, 2.75) is 6.36 Å². The van der Waals surface area contributed by atoms with Gasteiger partial charge in [0.1, 0.15) is 3.70 Å². The molecule has 0 unspecified atom stereocenters. The van der Waals surface area contributed by atoms with E-state index >= 15 is 0 Å². The van der Waals surface area contributed by atoms with E-state index in [1.165, 1.54) is 6.20 Å². The third-order valence-electron chi connectivity index (χ3n) is 1.05. The molecule has 1 rings (SSSR count). The second-order valence-electron chi connectivity index (χ2n) is 2.11. The normalized spacial score (nSPS) is 11.4. The van der Waals surface area contributed by atoms with Gasteiger partial charge in [0, 0.05) is 6.07 Å². The Hall–Kier alpha value is -0.730. The van der Waals surface area contributed by atoms with Crippen LogP contribution in [0.4, 0.5) is 18.9 Å². The zero-order valence-electron chi connectivity index (χ0n) is 6.10. The number of ether oxygens (including phenoxy) is 1. The molecule has 0 aliphatic carbocycles. The van der Waals surface area contributed by atoms with Gasteiger partial charge >= 0.3 is 6.36 Å². The van der Waals surface area contributed by atoms with Crippen LogP contribution in [0.15, 0.2) is 12.3 Å². The van der Waals surface area contributed by atoms with Gasteiger partial charge in [-0.25, -0.2) is 4.98 Å². The lowest BCUT2D eigenvalue weighted by molar-refractivity contribution is -0.275. The van der Waals surface area contributed by atoms with E-state index in [9.17, 15) is 13.2 Å². The molecule has 0 atom stereocenters. The van der Waals surface area contributed by atoms with Crippen LogP contribution in [0.25, 0.3) is 0 Å². The van der Waals surface area contributed by atoms with Gasteiger partial charge in [-0.1, -0.05) is 0 Å². The quantitative estimate of drug-likeness (QED) is 0.639. The standard InChI is InChI=1S/C6H4F3IN2O/c7-6(8,9)13-4-1-3(11)2-12-5(4)10/h1-2H,11H2. The molecule has 0 saturated heterocycles. The number of rotatable bonds is 1. The van der Waals surface area contributed by atoms with Crippen molar-refractivity contribution in [3.63, 3.8) is 0 Å². The minimum atomic E-state index is -4.71. The number of hydrogen-bond donors (Lipinski definition) is 1. The highest BCUT2D eigenvalue weighted by molar-refractivity contribution is 14.1. The lowest BCUT2D eigenvalue weighted by Crippen LogP contribution is -2.18. The maximum absolute atomic E-state index is 11.8. The van der Waals surface area contributed by atoms with Crippen molar-refractivity contribution >= 4 is 28.3 Å². The van der Waals surface area contributed by atoms with Gasteiger partial charge < -0.3 is 10.5 Å². The van der Waals surface area contributed by atoms with Gasteiger partial charge in [-0.05, 0) is 22.6 Å². The Kier molecular flexibility index (Phi) is 2.84. The molecule has 0 spiro atoms. The first kappa shape index (κ1) is 10.4. The summed E-state index contributed by atoms with van der Waals surface area (Å²) < 4.78 is 39.1. The average Bonchev–Trinajstić information content (AvgIpc) is 1.94. The summed E-state index contributed by atoms with van der Waals surface area (Å²) in [5.41, 5.74) is 5.36. The number of nitrogen functional groups attached to an aromatic ring is 1. The fraction of sp³-hybridized carbons (Fsp3) is 0.167. The van der Waals surface area contributed by atoms with Gasteiger partial charge in [0.05, 0.1) is 11.9 Å². The highest BCUT2D eigenvalue weighted by atomic mass is 127. The van der Waals surface area contributed by atoms with Crippen LogP contribution in [0.5, 0.6) is 5.75 Å². The molecular formula is C6H4F3IN2O. The first-order chi connectivity index (χ1) is 5.88. The monoisotopic (exact) mass is 304 g/mol. The van der Waals surface area contributed by atoms with E-state index in [2.05, 4.69) is 9.72 Å². The van der Waals surface area contributed by atoms with Crippen LogP contribution in [0.1, 0.15) is 0 Å². The maximum Gasteiger partial charge on any atom is 0.573 e. The summed E-state index contributed by atoms with van der Waals surface area (Å²) >= 11 is 1.63. The zero-order chi connectivity index (χ0) is 10.1. The molecule has 13 heavy (non-hydrogen) atoms. The van der Waals surface area contributed by atoms with Gasteiger partial charge in [-0.3, -0.25) is 0 Å². The van der Waals surface area contributed by atoms with E-state index in [0.29, 0.717) is 0 Å². The summed E-state index contributed by atoms with van der Waals surface area (Å²) in [6.45, 7) is 0. The molecule has 0 radical (unpaired) electrons. The highest BCUT2D eigenvalue weighted by Crippen LogP contribution is 2.27. The van der Waals surface area contributed by atoms with Crippen molar-refractivity contribution in [3.8, 4) is 5.75 Å². The van der Waals surface area contributed by atoms with Crippen molar-refractivity contribution < 1.29 is 17.9 Å². The second-order valence-corrected chi connectivity index (χ2v) is 3.13. The molecule has 1 aromatic rings. The molecule has 1 heterocycles. The Bertz CT molecular complexity index is 315. The van der Waals surface area contributed by atoms with E-state index in [4.69, 9.17) is 5.73 Å². The van der Waals surface area contributed by atoms with Gasteiger partial charge in [0.25, 0.3) is 0 Å². The van der Waals surface area contributed by atoms with Crippen LogP contribution in [-0.2, 0) is 0 Å². The van der Waals surface area contributed by atoms with Gasteiger partial charge in [-0.15, -0.1) is 13.2 Å². The van der Waals surface area contributed by atoms with E-state index < -0.39 is 6.36 Å². The molecule has 1 aromatic heterocycles. The van der Waals surface area contributed by atoms with Gasteiger partial charge in [0.15, 0.2) is 5.75 Å². The average molecular weight is 304 g/mol. The Labute approximate surface area is 85.2 Å². The first-order valence-corrected chi connectivity index (χ1v) is 4.13. The molecule has 0 amide bonds.